The average molecular weight is 713 g/mol. The van der Waals surface area contributed by atoms with Crippen LogP contribution in [-0.2, 0) is 53.9 Å². The van der Waals surface area contributed by atoms with E-state index in [2.05, 4.69) is 58.9 Å². The SMILES string of the molecule is CCCCc1cc(C(C)(C)c2cc(CCCC)c(OCC3CO3)c(CCC[Si](OCC)(OCC)OCC)c2)cc(CCCC)c1OCC1CO1. The summed E-state index contributed by atoms with van der Waals surface area (Å²) in [6, 6.07) is 10.5. The summed E-state index contributed by atoms with van der Waals surface area (Å²) in [5.74, 6) is 2.14. The van der Waals surface area contributed by atoms with Gasteiger partial charge in [0.05, 0.1) is 13.2 Å². The first-order valence-electron chi connectivity index (χ1n) is 20.0. The maximum absolute atomic E-state index is 6.65. The predicted molar refractivity (Wildman–Crippen MR) is 205 cm³/mol. The molecule has 0 N–H and O–H groups in total. The van der Waals surface area contributed by atoms with Crippen LogP contribution in [-0.4, -0.2) is 67.3 Å². The van der Waals surface area contributed by atoms with Gasteiger partial charge in [0.15, 0.2) is 0 Å². The van der Waals surface area contributed by atoms with E-state index in [0.29, 0.717) is 33.0 Å². The van der Waals surface area contributed by atoms with Gasteiger partial charge in [-0.1, -0.05) is 78.1 Å². The summed E-state index contributed by atoms with van der Waals surface area (Å²) in [6.07, 6.45) is 12.1. The lowest BCUT2D eigenvalue weighted by Crippen LogP contribution is -2.46. The quantitative estimate of drug-likeness (QED) is 0.0675. The van der Waals surface area contributed by atoms with Gasteiger partial charge in [-0.25, -0.2) is 0 Å². The van der Waals surface area contributed by atoms with Crippen molar-refractivity contribution in [2.75, 3.05) is 46.2 Å². The van der Waals surface area contributed by atoms with Crippen molar-refractivity contribution in [1.82, 2.24) is 0 Å². The molecule has 0 spiro atoms. The molecule has 8 heteroatoms. The van der Waals surface area contributed by atoms with Crippen molar-refractivity contribution in [3.8, 4) is 11.5 Å². The van der Waals surface area contributed by atoms with E-state index < -0.39 is 8.80 Å². The Balaban J connectivity index is 1.76. The minimum atomic E-state index is -2.76. The number of unbranched alkanes of at least 4 members (excludes halogenated alkanes) is 3. The summed E-state index contributed by atoms with van der Waals surface area (Å²) in [7, 11) is -2.76. The van der Waals surface area contributed by atoms with Gasteiger partial charge in [0, 0.05) is 31.3 Å². The molecule has 0 aromatic heterocycles. The van der Waals surface area contributed by atoms with Crippen LogP contribution in [0.3, 0.4) is 0 Å². The van der Waals surface area contributed by atoms with Gasteiger partial charge in [-0.15, -0.1) is 0 Å². The molecule has 2 heterocycles. The molecular formula is C42H68O7Si. The van der Waals surface area contributed by atoms with Crippen LogP contribution in [0.4, 0.5) is 0 Å². The third-order valence-corrected chi connectivity index (χ3v) is 13.1. The van der Waals surface area contributed by atoms with Gasteiger partial charge in [-0.05, 0) is 106 Å². The molecule has 2 aromatic rings. The maximum Gasteiger partial charge on any atom is 0.500 e. The molecule has 2 unspecified atom stereocenters. The molecule has 7 nitrogen and oxygen atoms in total. The molecule has 2 aromatic carbocycles. The second-order valence-electron chi connectivity index (χ2n) is 14.6. The largest absolute Gasteiger partial charge is 0.500 e. The smallest absolute Gasteiger partial charge is 0.490 e. The summed E-state index contributed by atoms with van der Waals surface area (Å²) < 4.78 is 43.0. The lowest BCUT2D eigenvalue weighted by Gasteiger charge is -2.31. The van der Waals surface area contributed by atoms with Crippen LogP contribution in [0.2, 0.25) is 6.04 Å². The van der Waals surface area contributed by atoms with Crippen LogP contribution in [0.5, 0.6) is 11.5 Å². The van der Waals surface area contributed by atoms with Gasteiger partial charge in [-0.2, -0.15) is 0 Å². The molecule has 50 heavy (non-hydrogen) atoms. The Labute approximate surface area is 305 Å². The molecule has 2 atom stereocenters. The first kappa shape index (κ1) is 40.8. The molecule has 0 amide bonds. The molecule has 0 bridgehead atoms. The number of epoxide rings is 2. The van der Waals surface area contributed by atoms with E-state index in [1.165, 1.54) is 33.4 Å². The molecule has 0 aliphatic carbocycles. The van der Waals surface area contributed by atoms with Crippen molar-refractivity contribution < 1.29 is 32.2 Å². The van der Waals surface area contributed by atoms with E-state index in [1.807, 2.05) is 20.8 Å². The van der Waals surface area contributed by atoms with E-state index in [0.717, 1.165) is 101 Å². The maximum atomic E-state index is 6.65. The first-order valence-corrected chi connectivity index (χ1v) is 21.9. The third kappa shape index (κ3) is 11.8. The highest BCUT2D eigenvalue weighted by Gasteiger charge is 2.40. The summed E-state index contributed by atoms with van der Waals surface area (Å²) in [6.45, 7) is 22.3. The molecule has 2 saturated heterocycles. The number of ether oxygens (including phenoxy) is 4. The minimum Gasteiger partial charge on any atom is -0.490 e. The van der Waals surface area contributed by atoms with Crippen LogP contribution >= 0.6 is 0 Å². The topological polar surface area (TPSA) is 71.2 Å². The Hall–Kier alpha value is -1.94. The zero-order valence-corrected chi connectivity index (χ0v) is 33.8. The molecule has 2 fully saturated rings. The Morgan fingerprint density at radius 3 is 1.22 bits per heavy atom. The van der Waals surface area contributed by atoms with Crippen LogP contribution in [0.25, 0.3) is 0 Å². The van der Waals surface area contributed by atoms with E-state index in [-0.39, 0.29) is 17.6 Å². The summed E-state index contributed by atoms with van der Waals surface area (Å²) >= 11 is 0. The standard InChI is InChI=1S/C42H68O7Si/c1-9-15-19-32-24-36(25-33(20-16-10-2)40(32)45-30-38-28-43-38)42(7,8)37-26-34(21-17-11-3)41(46-31-39-29-44-39)35(27-37)22-18-23-50(47-12-4,48-13-5)49-14-6/h24-27,38-39H,9-23,28-31H2,1-8H3. The van der Waals surface area contributed by atoms with Crippen molar-refractivity contribution in [2.45, 2.75) is 150 Å². The van der Waals surface area contributed by atoms with E-state index >= 15 is 0 Å². The highest BCUT2D eigenvalue weighted by Crippen LogP contribution is 2.41. The monoisotopic (exact) mass is 712 g/mol. The molecule has 2 aliphatic rings. The van der Waals surface area contributed by atoms with Crippen LogP contribution in [0.1, 0.15) is 134 Å². The fourth-order valence-corrected chi connectivity index (χ4v) is 9.40. The Bertz CT molecular complexity index is 1260. The van der Waals surface area contributed by atoms with Crippen molar-refractivity contribution in [1.29, 1.82) is 0 Å². The number of benzene rings is 2. The number of rotatable bonds is 27. The minimum absolute atomic E-state index is 0.196. The molecule has 2 aliphatic heterocycles. The van der Waals surface area contributed by atoms with Crippen LogP contribution < -0.4 is 9.47 Å². The third-order valence-electron chi connectivity index (χ3n) is 9.98. The van der Waals surface area contributed by atoms with Gasteiger partial charge in [-0.3, -0.25) is 0 Å². The van der Waals surface area contributed by atoms with Crippen molar-refractivity contribution in [2.24, 2.45) is 0 Å². The van der Waals surface area contributed by atoms with Gasteiger partial charge >= 0.3 is 8.80 Å². The predicted octanol–water partition coefficient (Wildman–Crippen LogP) is 9.58. The van der Waals surface area contributed by atoms with Gasteiger partial charge in [0.25, 0.3) is 0 Å². The van der Waals surface area contributed by atoms with Crippen molar-refractivity contribution in [3.63, 3.8) is 0 Å². The summed E-state index contributed by atoms with van der Waals surface area (Å²) in [5, 5.41) is 0. The Kier molecular flexibility index (Phi) is 16.6. The number of aryl methyl sites for hydroxylation is 4. The summed E-state index contributed by atoms with van der Waals surface area (Å²) in [5.41, 5.74) is 7.70. The van der Waals surface area contributed by atoms with Crippen molar-refractivity contribution >= 4 is 8.80 Å². The highest BCUT2D eigenvalue weighted by molar-refractivity contribution is 6.60. The zero-order valence-electron chi connectivity index (χ0n) is 32.8. The highest BCUT2D eigenvalue weighted by atomic mass is 28.4. The fraction of sp³-hybridized carbons (Fsp3) is 0.714. The second-order valence-corrected chi connectivity index (χ2v) is 17.3. The van der Waals surface area contributed by atoms with Crippen molar-refractivity contribution in [3.05, 3.63) is 57.6 Å². The fourth-order valence-electron chi connectivity index (χ4n) is 6.79. The molecular weight excluding hydrogens is 645 g/mol. The van der Waals surface area contributed by atoms with Gasteiger partial charge in [0.2, 0.25) is 0 Å². The molecule has 0 saturated carbocycles. The Morgan fingerprint density at radius 2 is 0.920 bits per heavy atom. The second kappa shape index (κ2) is 20.3. The first-order chi connectivity index (χ1) is 24.2. The summed E-state index contributed by atoms with van der Waals surface area (Å²) in [4.78, 5) is 0. The number of hydrogen-bond donors (Lipinski definition) is 0. The van der Waals surface area contributed by atoms with E-state index in [9.17, 15) is 0 Å². The number of hydrogen-bond acceptors (Lipinski definition) is 7. The van der Waals surface area contributed by atoms with E-state index in [4.69, 9.17) is 32.2 Å². The Morgan fingerprint density at radius 1 is 0.580 bits per heavy atom. The van der Waals surface area contributed by atoms with Gasteiger partial charge < -0.3 is 32.2 Å². The lowest BCUT2D eigenvalue weighted by atomic mass is 9.75. The molecule has 282 valence electrons. The van der Waals surface area contributed by atoms with E-state index in [1.54, 1.807) is 0 Å². The van der Waals surface area contributed by atoms with Crippen LogP contribution in [0.15, 0.2) is 24.3 Å². The normalized spacial score (nSPS) is 17.3. The molecule has 4 rings (SSSR count). The van der Waals surface area contributed by atoms with Crippen LogP contribution in [0, 0.1) is 0 Å². The zero-order chi connectivity index (χ0) is 36.0. The lowest BCUT2D eigenvalue weighted by molar-refractivity contribution is 0.0708. The van der Waals surface area contributed by atoms with Gasteiger partial charge in [0.1, 0.15) is 36.9 Å². The molecule has 0 radical (unpaired) electrons. The average Bonchev–Trinajstić information content (AvgIpc) is 4.04.